The highest BCUT2D eigenvalue weighted by Crippen LogP contribution is 2.43. The Balaban J connectivity index is 1.41. The number of nitrogens with zero attached hydrogens (tertiary/aromatic N) is 2. The molecule has 0 spiro atoms. The van der Waals surface area contributed by atoms with Crippen LogP contribution in [0.5, 0.6) is 0 Å². The molecular weight excluding hydrogens is 513 g/mol. The first-order valence-electron chi connectivity index (χ1n) is 11.0. The summed E-state index contributed by atoms with van der Waals surface area (Å²) in [6, 6.07) is 9.97. The Morgan fingerprint density at radius 1 is 1.08 bits per heavy atom. The van der Waals surface area contributed by atoms with Gasteiger partial charge in [-0.1, -0.05) is 12.1 Å². The first-order valence-corrected chi connectivity index (χ1v) is 11.9. The highest BCUT2D eigenvalue weighted by atomic mass is 35.5. The van der Waals surface area contributed by atoms with Gasteiger partial charge in [-0.25, -0.2) is 4.79 Å². The maximum absolute atomic E-state index is 13.0. The molecule has 10 nitrogen and oxygen atoms in total. The van der Waals surface area contributed by atoms with Crippen LogP contribution in [0, 0.1) is 28.9 Å². The van der Waals surface area contributed by atoms with Gasteiger partial charge in [-0.2, -0.15) is 0 Å². The van der Waals surface area contributed by atoms with E-state index in [1.807, 2.05) is 0 Å². The lowest BCUT2D eigenvalue weighted by atomic mass is 9.80. The summed E-state index contributed by atoms with van der Waals surface area (Å²) in [5.41, 5.74) is 0.704. The van der Waals surface area contributed by atoms with Gasteiger partial charge in [-0.15, -0.1) is 23.2 Å². The molecule has 1 heterocycles. The fourth-order valence-electron chi connectivity index (χ4n) is 4.42. The quantitative estimate of drug-likeness (QED) is 0.196. The average Bonchev–Trinajstić information content (AvgIpc) is 3.08. The summed E-state index contributed by atoms with van der Waals surface area (Å²) in [5.74, 6) is -3.45. The summed E-state index contributed by atoms with van der Waals surface area (Å²) in [5, 5.41) is 12.7. The standard InChI is InChI=1S/C24H21Cl2N3O7/c1-12-5-6-14(8-20(12)29(34)35)27-21(30)11-36-24(33)13-3-2-4-15(7-13)28-22(31)16-9-18(25)19(26)10-17(16)23(28)32/h2-8,16-19H,9-11H2,1H3,(H,27,30)/t16-,17+,18-,19-/m0/s1. The molecule has 0 aromatic heterocycles. The Labute approximate surface area is 215 Å². The molecule has 1 saturated carbocycles. The lowest BCUT2D eigenvalue weighted by molar-refractivity contribution is -0.385. The monoisotopic (exact) mass is 533 g/mol. The number of carbonyl (C=O) groups excluding carboxylic acids is 4. The number of fused-ring (bicyclic) bond motifs is 1. The van der Waals surface area contributed by atoms with Crippen molar-refractivity contribution in [3.63, 3.8) is 0 Å². The van der Waals surface area contributed by atoms with Crippen LogP contribution in [0.15, 0.2) is 42.5 Å². The minimum Gasteiger partial charge on any atom is -0.452 e. The minimum atomic E-state index is -0.847. The Kier molecular flexibility index (Phi) is 7.28. The van der Waals surface area contributed by atoms with Gasteiger partial charge in [0.15, 0.2) is 6.61 Å². The van der Waals surface area contributed by atoms with E-state index in [-0.39, 0.29) is 22.6 Å². The summed E-state index contributed by atoms with van der Waals surface area (Å²) >= 11 is 12.4. The Morgan fingerprint density at radius 2 is 1.72 bits per heavy atom. The van der Waals surface area contributed by atoms with Crippen LogP contribution in [0.25, 0.3) is 0 Å². The molecule has 1 aliphatic carbocycles. The topological polar surface area (TPSA) is 136 Å². The largest absolute Gasteiger partial charge is 0.452 e. The van der Waals surface area contributed by atoms with E-state index >= 15 is 0 Å². The second kappa shape index (κ2) is 10.2. The van der Waals surface area contributed by atoms with Gasteiger partial charge in [0.25, 0.3) is 11.6 Å². The van der Waals surface area contributed by atoms with Crippen molar-refractivity contribution >= 4 is 64.0 Å². The van der Waals surface area contributed by atoms with Crippen molar-refractivity contribution in [3.8, 4) is 0 Å². The molecule has 2 aromatic carbocycles. The Morgan fingerprint density at radius 3 is 2.33 bits per heavy atom. The Hall–Kier alpha value is -3.50. The number of hydrogen-bond acceptors (Lipinski definition) is 7. The van der Waals surface area contributed by atoms with E-state index in [4.69, 9.17) is 27.9 Å². The van der Waals surface area contributed by atoms with Crippen LogP contribution < -0.4 is 10.2 Å². The lowest BCUT2D eigenvalue weighted by Crippen LogP contribution is -2.34. The number of aryl methyl sites for hydroxylation is 1. The van der Waals surface area contributed by atoms with Crippen molar-refractivity contribution in [2.45, 2.75) is 30.5 Å². The molecule has 36 heavy (non-hydrogen) atoms. The van der Waals surface area contributed by atoms with Gasteiger partial charge in [-0.3, -0.25) is 29.4 Å². The third-order valence-corrected chi connectivity index (χ3v) is 7.37. The van der Waals surface area contributed by atoms with Crippen LogP contribution in [0.1, 0.15) is 28.8 Å². The van der Waals surface area contributed by atoms with E-state index in [9.17, 15) is 29.3 Å². The van der Waals surface area contributed by atoms with Crippen molar-refractivity contribution in [3.05, 3.63) is 63.7 Å². The lowest BCUT2D eigenvalue weighted by Gasteiger charge is -2.28. The van der Waals surface area contributed by atoms with Gasteiger partial charge in [0.05, 0.1) is 38.8 Å². The number of nitrogens with one attached hydrogen (secondary N) is 1. The number of rotatable bonds is 6. The fraction of sp³-hybridized carbons (Fsp3) is 0.333. The van der Waals surface area contributed by atoms with E-state index in [1.165, 1.54) is 42.5 Å². The first-order chi connectivity index (χ1) is 17.1. The predicted molar refractivity (Wildman–Crippen MR) is 131 cm³/mol. The van der Waals surface area contributed by atoms with E-state index < -0.39 is 57.8 Å². The van der Waals surface area contributed by atoms with Gasteiger partial charge in [0, 0.05) is 17.3 Å². The second-order valence-corrected chi connectivity index (χ2v) is 9.78. The van der Waals surface area contributed by atoms with Gasteiger partial charge < -0.3 is 10.1 Å². The molecule has 12 heteroatoms. The van der Waals surface area contributed by atoms with E-state index in [0.29, 0.717) is 18.4 Å². The average molecular weight is 534 g/mol. The summed E-state index contributed by atoms with van der Waals surface area (Å²) in [6.45, 7) is 0.921. The van der Waals surface area contributed by atoms with Crippen LogP contribution in [-0.4, -0.2) is 46.0 Å². The normalized spacial score (nSPS) is 23.2. The summed E-state index contributed by atoms with van der Waals surface area (Å²) < 4.78 is 5.05. The van der Waals surface area contributed by atoms with Gasteiger partial charge in [0.2, 0.25) is 11.8 Å². The number of anilines is 2. The summed E-state index contributed by atoms with van der Waals surface area (Å²) in [6.07, 6.45) is 0.588. The predicted octanol–water partition coefficient (Wildman–Crippen LogP) is 3.81. The number of nitro benzene ring substituents is 1. The number of ether oxygens (including phenoxy) is 1. The summed E-state index contributed by atoms with van der Waals surface area (Å²) in [7, 11) is 0. The molecule has 1 saturated heterocycles. The minimum absolute atomic E-state index is 0.0344. The van der Waals surface area contributed by atoms with Crippen LogP contribution in [-0.2, 0) is 19.1 Å². The molecule has 3 amide bonds. The number of esters is 1. The van der Waals surface area contributed by atoms with E-state index in [2.05, 4.69) is 5.32 Å². The number of halogens is 2. The highest BCUT2D eigenvalue weighted by molar-refractivity contribution is 6.31. The molecule has 0 radical (unpaired) electrons. The number of hydrogen-bond donors (Lipinski definition) is 1. The van der Waals surface area contributed by atoms with Gasteiger partial charge in [0.1, 0.15) is 0 Å². The number of nitro groups is 1. The van der Waals surface area contributed by atoms with Crippen molar-refractivity contribution in [2.24, 2.45) is 11.8 Å². The molecule has 4 rings (SSSR count). The number of amides is 3. The summed E-state index contributed by atoms with van der Waals surface area (Å²) in [4.78, 5) is 62.2. The molecule has 1 aliphatic heterocycles. The molecule has 4 atom stereocenters. The molecule has 2 aliphatic rings. The van der Waals surface area contributed by atoms with Crippen molar-refractivity contribution in [1.82, 2.24) is 0 Å². The maximum Gasteiger partial charge on any atom is 0.338 e. The molecule has 2 fully saturated rings. The van der Waals surface area contributed by atoms with Crippen LogP contribution in [0.3, 0.4) is 0 Å². The molecule has 1 N–H and O–H groups in total. The molecular formula is C24H21Cl2N3O7. The highest BCUT2D eigenvalue weighted by Gasteiger charge is 2.52. The zero-order chi connectivity index (χ0) is 26.1. The van der Waals surface area contributed by atoms with Crippen LogP contribution in [0.2, 0.25) is 0 Å². The SMILES string of the molecule is Cc1ccc(NC(=O)COC(=O)c2cccc(N3C(=O)[C@H]4C[C@H](Cl)[C@@H](Cl)C[C@H]4C3=O)c2)cc1[N+](=O)[O-]. The van der Waals surface area contributed by atoms with Crippen molar-refractivity contribution in [1.29, 1.82) is 0 Å². The third kappa shape index (κ3) is 5.05. The third-order valence-electron chi connectivity index (χ3n) is 6.28. The number of alkyl halides is 2. The number of carbonyl (C=O) groups is 4. The Bertz CT molecular complexity index is 1240. The second-order valence-electron chi connectivity index (χ2n) is 8.66. The molecule has 188 valence electrons. The molecule has 0 bridgehead atoms. The van der Waals surface area contributed by atoms with Gasteiger partial charge >= 0.3 is 5.97 Å². The fourth-order valence-corrected chi connectivity index (χ4v) is 5.01. The van der Waals surface area contributed by atoms with Crippen LogP contribution in [0.4, 0.5) is 17.1 Å². The number of imide groups is 1. The van der Waals surface area contributed by atoms with E-state index in [0.717, 1.165) is 4.90 Å². The zero-order valence-electron chi connectivity index (χ0n) is 19.0. The van der Waals surface area contributed by atoms with Crippen molar-refractivity contribution in [2.75, 3.05) is 16.8 Å². The van der Waals surface area contributed by atoms with E-state index in [1.54, 1.807) is 6.92 Å². The van der Waals surface area contributed by atoms with Crippen molar-refractivity contribution < 1.29 is 28.8 Å². The molecule has 0 unspecified atom stereocenters. The van der Waals surface area contributed by atoms with Crippen LogP contribution >= 0.6 is 23.2 Å². The van der Waals surface area contributed by atoms with Gasteiger partial charge in [-0.05, 0) is 44.0 Å². The smallest absolute Gasteiger partial charge is 0.338 e. The first kappa shape index (κ1) is 25.6. The maximum atomic E-state index is 13.0. The zero-order valence-corrected chi connectivity index (χ0v) is 20.5. The number of benzene rings is 2. The molecule has 2 aromatic rings.